The van der Waals surface area contributed by atoms with Gasteiger partial charge in [0.1, 0.15) is 0 Å². The molecule has 0 radical (unpaired) electrons. The van der Waals surface area contributed by atoms with Gasteiger partial charge < -0.3 is 14.7 Å². The highest BCUT2D eigenvalue weighted by Gasteiger charge is 2.39. The molecule has 1 rings (SSSR count). The highest BCUT2D eigenvalue weighted by Crippen LogP contribution is 2.35. The number of hydrogen-bond acceptors (Lipinski definition) is 3. The Hall–Kier alpha value is -0.610. The molecule has 0 saturated carbocycles. The summed E-state index contributed by atoms with van der Waals surface area (Å²) in [6, 6.07) is 0. The van der Waals surface area contributed by atoms with Gasteiger partial charge >= 0.3 is 5.97 Å². The summed E-state index contributed by atoms with van der Waals surface area (Å²) in [5.41, 5.74) is -0.0879. The zero-order chi connectivity index (χ0) is 11.5. The van der Waals surface area contributed by atoms with E-state index in [0.717, 1.165) is 19.5 Å². The number of hydrogen-bond donors (Lipinski definition) is 1. The van der Waals surface area contributed by atoms with Crippen molar-refractivity contribution in [3.05, 3.63) is 0 Å². The topological polar surface area (TPSA) is 49.8 Å². The normalized spacial score (nSPS) is 26.5. The summed E-state index contributed by atoms with van der Waals surface area (Å²) >= 11 is 0. The number of nitrogens with zero attached hydrogens (tertiary/aromatic N) is 1. The van der Waals surface area contributed by atoms with Crippen LogP contribution in [-0.4, -0.2) is 49.3 Å². The first kappa shape index (κ1) is 12.5. The van der Waals surface area contributed by atoms with Crippen molar-refractivity contribution >= 4 is 5.97 Å². The van der Waals surface area contributed by atoms with E-state index in [0.29, 0.717) is 13.2 Å². The van der Waals surface area contributed by atoms with Crippen LogP contribution in [0.15, 0.2) is 0 Å². The molecular weight excluding hydrogens is 194 g/mol. The first-order chi connectivity index (χ1) is 6.97. The average Bonchev–Trinajstić information content (AvgIpc) is 2.15. The Labute approximate surface area is 91.2 Å². The average molecular weight is 215 g/mol. The lowest BCUT2D eigenvalue weighted by atomic mass is 9.73. The first-order valence-corrected chi connectivity index (χ1v) is 5.41. The molecule has 0 aromatic carbocycles. The first-order valence-electron chi connectivity index (χ1n) is 5.41. The van der Waals surface area contributed by atoms with Crippen LogP contribution in [0, 0.1) is 11.3 Å². The van der Waals surface area contributed by atoms with Crippen LogP contribution >= 0.6 is 0 Å². The number of carboxylic acids is 1. The Kier molecular flexibility index (Phi) is 4.11. The fraction of sp³-hybridized carbons (Fsp3) is 0.909. The van der Waals surface area contributed by atoms with Crippen LogP contribution in [0.4, 0.5) is 0 Å². The summed E-state index contributed by atoms with van der Waals surface area (Å²) in [6.45, 7) is 7.20. The van der Waals surface area contributed by atoms with E-state index >= 15 is 0 Å². The van der Waals surface area contributed by atoms with Gasteiger partial charge in [-0.05, 0) is 18.4 Å². The van der Waals surface area contributed by atoms with Crippen molar-refractivity contribution in [2.24, 2.45) is 11.3 Å². The predicted molar refractivity (Wildman–Crippen MR) is 57.8 cm³/mol. The second-order valence-electron chi connectivity index (χ2n) is 4.92. The molecule has 1 N–H and O–H groups in total. The summed E-state index contributed by atoms with van der Waals surface area (Å²) in [4.78, 5) is 13.3. The minimum atomic E-state index is -0.679. The fourth-order valence-corrected chi connectivity index (χ4v) is 2.05. The molecule has 0 bridgehead atoms. The van der Waals surface area contributed by atoms with Crippen LogP contribution in [0.25, 0.3) is 0 Å². The van der Waals surface area contributed by atoms with E-state index in [4.69, 9.17) is 9.84 Å². The zero-order valence-electron chi connectivity index (χ0n) is 9.82. The van der Waals surface area contributed by atoms with Gasteiger partial charge in [-0.1, -0.05) is 13.8 Å². The molecule has 0 spiro atoms. The second-order valence-corrected chi connectivity index (χ2v) is 4.92. The Bertz CT molecular complexity index is 228. The molecule has 88 valence electrons. The monoisotopic (exact) mass is 215 g/mol. The van der Waals surface area contributed by atoms with Crippen molar-refractivity contribution < 1.29 is 14.6 Å². The highest BCUT2D eigenvalue weighted by atomic mass is 16.5. The van der Waals surface area contributed by atoms with Gasteiger partial charge in [0.15, 0.2) is 0 Å². The molecule has 0 amide bonds. The van der Waals surface area contributed by atoms with E-state index in [9.17, 15) is 4.79 Å². The third-order valence-electron chi connectivity index (χ3n) is 3.37. The van der Waals surface area contributed by atoms with Gasteiger partial charge in [0.05, 0.1) is 12.5 Å². The smallest absolute Gasteiger partial charge is 0.308 e. The Morgan fingerprint density at radius 3 is 2.80 bits per heavy atom. The predicted octanol–water partition coefficient (Wildman–Crippen LogP) is 1.07. The van der Waals surface area contributed by atoms with E-state index in [1.54, 1.807) is 7.11 Å². The number of methoxy groups -OCH3 is 1. The summed E-state index contributed by atoms with van der Waals surface area (Å²) in [7, 11) is 1.67. The number of ether oxygens (including phenoxy) is 1. The molecule has 15 heavy (non-hydrogen) atoms. The minimum Gasteiger partial charge on any atom is -0.481 e. The van der Waals surface area contributed by atoms with Crippen molar-refractivity contribution in [1.29, 1.82) is 0 Å². The second kappa shape index (κ2) is 4.94. The SMILES string of the molecule is COCCN1CCC(C)(C)C(C(=O)O)C1. The molecule has 4 heteroatoms. The van der Waals surface area contributed by atoms with Crippen LogP contribution in [-0.2, 0) is 9.53 Å². The number of carboxylic acid groups (broad SMARTS) is 1. The summed E-state index contributed by atoms with van der Waals surface area (Å²) in [5, 5.41) is 9.16. The van der Waals surface area contributed by atoms with Gasteiger partial charge in [-0.25, -0.2) is 0 Å². The third kappa shape index (κ3) is 3.18. The molecule has 4 nitrogen and oxygen atoms in total. The molecule has 0 aliphatic carbocycles. The molecule has 0 aromatic heterocycles. The molecular formula is C11H21NO3. The molecule has 1 fully saturated rings. The Morgan fingerprint density at radius 2 is 2.27 bits per heavy atom. The molecule has 1 aliphatic rings. The van der Waals surface area contributed by atoms with E-state index in [1.807, 2.05) is 13.8 Å². The largest absolute Gasteiger partial charge is 0.481 e. The zero-order valence-corrected chi connectivity index (χ0v) is 9.82. The van der Waals surface area contributed by atoms with Gasteiger partial charge in [0, 0.05) is 20.2 Å². The van der Waals surface area contributed by atoms with Crippen molar-refractivity contribution in [2.75, 3.05) is 33.4 Å². The number of rotatable bonds is 4. The van der Waals surface area contributed by atoms with E-state index in [1.165, 1.54) is 0 Å². The molecule has 1 saturated heterocycles. The van der Waals surface area contributed by atoms with E-state index in [-0.39, 0.29) is 11.3 Å². The van der Waals surface area contributed by atoms with Crippen LogP contribution in [0.1, 0.15) is 20.3 Å². The molecule has 1 heterocycles. The number of carbonyl (C=O) groups is 1. The number of likely N-dealkylation sites (tertiary alicyclic amines) is 1. The van der Waals surface area contributed by atoms with Gasteiger partial charge in [0.2, 0.25) is 0 Å². The minimum absolute atomic E-state index is 0.0879. The van der Waals surface area contributed by atoms with Gasteiger partial charge in [-0.2, -0.15) is 0 Å². The maximum absolute atomic E-state index is 11.1. The van der Waals surface area contributed by atoms with Crippen molar-refractivity contribution in [3.8, 4) is 0 Å². The summed E-state index contributed by atoms with van der Waals surface area (Å²) in [5.74, 6) is -0.940. The van der Waals surface area contributed by atoms with Crippen LogP contribution < -0.4 is 0 Å². The Balaban J connectivity index is 2.55. The van der Waals surface area contributed by atoms with Gasteiger partial charge in [0.25, 0.3) is 0 Å². The van der Waals surface area contributed by atoms with Crippen LogP contribution in [0.3, 0.4) is 0 Å². The fourth-order valence-electron chi connectivity index (χ4n) is 2.05. The maximum atomic E-state index is 11.1. The van der Waals surface area contributed by atoms with Gasteiger partial charge in [-0.3, -0.25) is 4.79 Å². The van der Waals surface area contributed by atoms with Crippen molar-refractivity contribution in [3.63, 3.8) is 0 Å². The highest BCUT2D eigenvalue weighted by molar-refractivity contribution is 5.71. The molecule has 1 unspecified atom stereocenters. The lowest BCUT2D eigenvalue weighted by Gasteiger charge is -2.41. The maximum Gasteiger partial charge on any atom is 0.308 e. The van der Waals surface area contributed by atoms with Crippen LogP contribution in [0.2, 0.25) is 0 Å². The van der Waals surface area contributed by atoms with Crippen molar-refractivity contribution in [1.82, 2.24) is 4.90 Å². The lowest BCUT2D eigenvalue weighted by Crippen LogP contribution is -2.48. The van der Waals surface area contributed by atoms with Gasteiger partial charge in [-0.15, -0.1) is 0 Å². The molecule has 0 aromatic rings. The number of piperidine rings is 1. The summed E-state index contributed by atoms with van der Waals surface area (Å²) < 4.78 is 5.00. The Morgan fingerprint density at radius 1 is 1.60 bits per heavy atom. The number of aliphatic carboxylic acids is 1. The van der Waals surface area contributed by atoms with Crippen molar-refractivity contribution in [2.45, 2.75) is 20.3 Å². The standard InChI is InChI=1S/C11H21NO3/c1-11(2)4-5-12(6-7-15-3)8-9(11)10(13)14/h9H,4-8H2,1-3H3,(H,13,14). The summed E-state index contributed by atoms with van der Waals surface area (Å²) in [6.07, 6.45) is 0.938. The quantitative estimate of drug-likeness (QED) is 0.762. The third-order valence-corrected chi connectivity index (χ3v) is 3.37. The van der Waals surface area contributed by atoms with E-state index in [2.05, 4.69) is 4.90 Å². The van der Waals surface area contributed by atoms with Crippen LogP contribution in [0.5, 0.6) is 0 Å². The lowest BCUT2D eigenvalue weighted by molar-refractivity contribution is -0.149. The molecule has 1 atom stereocenters. The molecule has 1 aliphatic heterocycles. The van der Waals surface area contributed by atoms with E-state index < -0.39 is 5.97 Å².